The van der Waals surface area contributed by atoms with Gasteiger partial charge in [-0.05, 0) is 23.1 Å². The molecule has 1 aliphatic rings. The molecule has 0 aliphatic carbocycles. The van der Waals surface area contributed by atoms with E-state index >= 15 is 0 Å². The van der Waals surface area contributed by atoms with Gasteiger partial charge in [0.1, 0.15) is 27.2 Å². The Balaban J connectivity index is 1.45. The van der Waals surface area contributed by atoms with Gasteiger partial charge in [0.05, 0.1) is 5.69 Å². The van der Waals surface area contributed by atoms with Crippen LogP contribution in [0.2, 0.25) is 0 Å². The number of aryl methyl sites for hydroxylation is 1. The van der Waals surface area contributed by atoms with Gasteiger partial charge in [0.2, 0.25) is 0 Å². The number of nitrogen functional groups attached to an aromatic ring is 2. The molecule has 0 spiro atoms. The number of rotatable bonds is 5. The Bertz CT molecular complexity index is 1450. The van der Waals surface area contributed by atoms with E-state index in [4.69, 9.17) is 11.5 Å². The first kappa shape index (κ1) is 23.8. The first-order chi connectivity index (χ1) is 17.5. The molecule has 4 N–H and O–H groups in total. The quantitative estimate of drug-likeness (QED) is 0.420. The Hall–Kier alpha value is -3.93. The summed E-state index contributed by atoms with van der Waals surface area (Å²) < 4.78 is 0. The van der Waals surface area contributed by atoms with Gasteiger partial charge in [-0.3, -0.25) is 9.69 Å². The summed E-state index contributed by atoms with van der Waals surface area (Å²) in [6.45, 7) is 5.81. The maximum Gasteiger partial charge on any atom is 0.266 e. The summed E-state index contributed by atoms with van der Waals surface area (Å²) in [5.41, 5.74) is 17.4. The predicted molar refractivity (Wildman–Crippen MR) is 146 cm³/mol. The van der Waals surface area contributed by atoms with Crippen LogP contribution in [0.5, 0.6) is 0 Å². The molecular weight excluding hydrogens is 468 g/mol. The molecule has 3 heterocycles. The van der Waals surface area contributed by atoms with Crippen LogP contribution in [0.4, 0.5) is 11.5 Å². The molecule has 8 heteroatoms. The number of nitrogens with two attached hydrogens (primary N) is 2. The molecule has 182 valence electrons. The minimum atomic E-state index is -0.0979. The van der Waals surface area contributed by atoms with Crippen LogP contribution in [-0.4, -0.2) is 46.9 Å². The fraction of sp³-hybridized carbons (Fsp3) is 0.250. The van der Waals surface area contributed by atoms with E-state index in [-0.39, 0.29) is 17.3 Å². The molecular formula is C28H28N6OS. The van der Waals surface area contributed by atoms with E-state index in [0.29, 0.717) is 39.4 Å². The molecule has 2 aromatic carbocycles. The highest BCUT2D eigenvalue weighted by Gasteiger charge is 2.28. The number of nitriles is 1. The minimum Gasteiger partial charge on any atom is -0.397 e. The fourth-order valence-corrected chi connectivity index (χ4v) is 5.81. The molecule has 1 amide bonds. The summed E-state index contributed by atoms with van der Waals surface area (Å²) in [5, 5.41) is 10.5. The second-order valence-corrected chi connectivity index (χ2v) is 9.99. The smallest absolute Gasteiger partial charge is 0.266 e. The molecule has 5 rings (SSSR count). The predicted octanol–water partition coefficient (Wildman–Crippen LogP) is 4.52. The third-order valence-corrected chi connectivity index (χ3v) is 7.86. The number of carbonyl (C=O) groups is 1. The van der Waals surface area contributed by atoms with E-state index < -0.39 is 0 Å². The van der Waals surface area contributed by atoms with Crippen LogP contribution in [-0.2, 0) is 13.0 Å². The van der Waals surface area contributed by atoms with E-state index in [1.807, 2.05) is 47.4 Å². The van der Waals surface area contributed by atoms with Gasteiger partial charge in [0.25, 0.3) is 5.91 Å². The van der Waals surface area contributed by atoms with E-state index in [9.17, 15) is 10.1 Å². The molecule has 1 aliphatic heterocycles. The Labute approximate surface area is 214 Å². The highest BCUT2D eigenvalue weighted by molar-refractivity contribution is 7.21. The number of benzene rings is 2. The van der Waals surface area contributed by atoms with Crippen LogP contribution in [0.25, 0.3) is 21.3 Å². The van der Waals surface area contributed by atoms with Crippen LogP contribution < -0.4 is 11.5 Å². The van der Waals surface area contributed by atoms with Gasteiger partial charge < -0.3 is 16.4 Å². The zero-order chi connectivity index (χ0) is 25.2. The largest absolute Gasteiger partial charge is 0.397 e. The molecule has 7 nitrogen and oxygen atoms in total. The maximum atomic E-state index is 13.5. The lowest BCUT2D eigenvalue weighted by atomic mass is 9.96. The molecule has 4 aromatic rings. The number of aromatic nitrogens is 1. The summed E-state index contributed by atoms with van der Waals surface area (Å²) in [6, 6.07) is 20.6. The van der Waals surface area contributed by atoms with Gasteiger partial charge in [0.15, 0.2) is 0 Å². The first-order valence-electron chi connectivity index (χ1n) is 12.1. The summed E-state index contributed by atoms with van der Waals surface area (Å²) in [6.07, 6.45) is 0.914. The number of piperazine rings is 1. The topological polar surface area (TPSA) is 112 Å². The Morgan fingerprint density at radius 3 is 2.36 bits per heavy atom. The van der Waals surface area contributed by atoms with Gasteiger partial charge in [-0.2, -0.15) is 5.26 Å². The number of carbonyl (C=O) groups excluding carboxylic acids is 1. The van der Waals surface area contributed by atoms with Crippen molar-refractivity contribution < 1.29 is 4.79 Å². The number of nitrogens with zero attached hydrogens (tertiary/aromatic N) is 4. The number of amides is 1. The van der Waals surface area contributed by atoms with E-state index in [1.165, 1.54) is 22.5 Å². The van der Waals surface area contributed by atoms with Crippen molar-refractivity contribution in [1.29, 1.82) is 5.26 Å². The molecule has 1 saturated heterocycles. The first-order valence-corrected chi connectivity index (χ1v) is 12.9. The lowest BCUT2D eigenvalue weighted by Crippen LogP contribution is -2.48. The van der Waals surface area contributed by atoms with Crippen molar-refractivity contribution in [3.05, 3.63) is 76.2 Å². The normalized spacial score (nSPS) is 14.2. The second kappa shape index (κ2) is 9.97. The van der Waals surface area contributed by atoms with Crippen LogP contribution in [0.3, 0.4) is 0 Å². The summed E-state index contributed by atoms with van der Waals surface area (Å²) in [5.74, 6) is 0.0496. The molecule has 36 heavy (non-hydrogen) atoms. The zero-order valence-corrected chi connectivity index (χ0v) is 21.0. The summed E-state index contributed by atoms with van der Waals surface area (Å²) in [7, 11) is 0. The van der Waals surface area contributed by atoms with Crippen molar-refractivity contribution in [3.63, 3.8) is 0 Å². The van der Waals surface area contributed by atoms with Crippen molar-refractivity contribution in [2.75, 3.05) is 37.6 Å². The standard InChI is InChI=1S/C28H28N6OS/c1-2-18-8-10-20(11-9-18)22-21(16-29)26(31)32-27-23(22)24(30)25(36-27)28(35)34-14-12-33(13-15-34)17-19-6-4-3-5-7-19/h3-11H,2,12-15,17,30H2,1H3,(H2,31,32). The zero-order valence-electron chi connectivity index (χ0n) is 20.2. The van der Waals surface area contributed by atoms with E-state index in [0.717, 1.165) is 31.6 Å². The Kier molecular flexibility index (Phi) is 6.59. The van der Waals surface area contributed by atoms with Crippen molar-refractivity contribution in [2.24, 2.45) is 0 Å². The second-order valence-electron chi connectivity index (χ2n) is 8.99. The third kappa shape index (κ3) is 4.39. The number of fused-ring (bicyclic) bond motifs is 1. The third-order valence-electron chi connectivity index (χ3n) is 6.77. The molecule has 0 saturated carbocycles. The van der Waals surface area contributed by atoms with Gasteiger partial charge in [0, 0.05) is 43.7 Å². The number of hydrogen-bond donors (Lipinski definition) is 2. The van der Waals surface area contributed by atoms with Crippen molar-refractivity contribution >= 4 is 39.0 Å². The van der Waals surface area contributed by atoms with Crippen molar-refractivity contribution in [2.45, 2.75) is 19.9 Å². The van der Waals surface area contributed by atoms with Crippen LogP contribution in [0.1, 0.15) is 33.3 Å². The lowest BCUT2D eigenvalue weighted by molar-refractivity contribution is 0.0634. The lowest BCUT2D eigenvalue weighted by Gasteiger charge is -2.34. The highest BCUT2D eigenvalue weighted by Crippen LogP contribution is 2.43. The van der Waals surface area contributed by atoms with Gasteiger partial charge >= 0.3 is 0 Å². The maximum absolute atomic E-state index is 13.5. The molecule has 0 unspecified atom stereocenters. The molecule has 0 atom stereocenters. The average molecular weight is 497 g/mol. The van der Waals surface area contributed by atoms with Crippen LogP contribution in [0.15, 0.2) is 54.6 Å². The molecule has 0 bridgehead atoms. The SMILES string of the molecule is CCc1ccc(-c2c(C#N)c(N)nc3sc(C(=O)N4CCN(Cc5ccccc5)CC4)c(N)c23)cc1. The van der Waals surface area contributed by atoms with E-state index in [1.54, 1.807) is 0 Å². The number of anilines is 2. The highest BCUT2D eigenvalue weighted by atomic mass is 32.1. The molecule has 1 fully saturated rings. The van der Waals surface area contributed by atoms with Gasteiger partial charge in [-0.25, -0.2) is 4.98 Å². The Morgan fingerprint density at radius 2 is 1.72 bits per heavy atom. The molecule has 0 radical (unpaired) electrons. The Morgan fingerprint density at radius 1 is 1.03 bits per heavy atom. The molecule has 2 aromatic heterocycles. The summed E-state index contributed by atoms with van der Waals surface area (Å²) in [4.78, 5) is 23.2. The van der Waals surface area contributed by atoms with Gasteiger partial charge in [-0.15, -0.1) is 11.3 Å². The fourth-order valence-electron chi connectivity index (χ4n) is 4.73. The van der Waals surface area contributed by atoms with Crippen molar-refractivity contribution in [1.82, 2.24) is 14.8 Å². The van der Waals surface area contributed by atoms with Crippen LogP contribution in [0, 0.1) is 11.3 Å². The van der Waals surface area contributed by atoms with Crippen molar-refractivity contribution in [3.8, 4) is 17.2 Å². The number of pyridine rings is 1. The van der Waals surface area contributed by atoms with Gasteiger partial charge in [-0.1, -0.05) is 61.5 Å². The summed E-state index contributed by atoms with van der Waals surface area (Å²) >= 11 is 1.25. The average Bonchev–Trinajstić information content (AvgIpc) is 3.24. The number of thiophene rings is 1. The minimum absolute atomic E-state index is 0.0979. The monoisotopic (exact) mass is 496 g/mol. The number of hydrogen-bond acceptors (Lipinski definition) is 7. The van der Waals surface area contributed by atoms with Crippen LogP contribution >= 0.6 is 11.3 Å². The van der Waals surface area contributed by atoms with E-state index in [2.05, 4.69) is 35.0 Å².